The maximum absolute atomic E-state index is 14.1. The summed E-state index contributed by atoms with van der Waals surface area (Å²) in [6, 6.07) is 13.5. The number of nitrogens with one attached hydrogen (secondary N) is 1. The van der Waals surface area contributed by atoms with Crippen LogP contribution in [0.3, 0.4) is 0 Å². The van der Waals surface area contributed by atoms with Gasteiger partial charge in [0, 0.05) is 22.7 Å². The van der Waals surface area contributed by atoms with E-state index in [9.17, 15) is 9.59 Å². The molecule has 3 unspecified atom stereocenters. The summed E-state index contributed by atoms with van der Waals surface area (Å²) in [4.78, 5) is 32.8. The van der Waals surface area contributed by atoms with Crippen molar-refractivity contribution in [2.45, 2.75) is 65.8 Å². The Labute approximate surface area is 229 Å². The van der Waals surface area contributed by atoms with E-state index in [1.165, 1.54) is 16.9 Å². The van der Waals surface area contributed by atoms with E-state index in [0.29, 0.717) is 16.3 Å². The Kier molecular flexibility index (Phi) is 8.07. The third kappa shape index (κ3) is 4.64. The first-order chi connectivity index (χ1) is 18.2. The van der Waals surface area contributed by atoms with Gasteiger partial charge in [0.05, 0.1) is 30.4 Å². The molecule has 0 spiro atoms. The summed E-state index contributed by atoms with van der Waals surface area (Å²) in [5, 5.41) is 6.11. The van der Waals surface area contributed by atoms with Crippen LogP contribution < -0.4 is 5.32 Å². The summed E-state index contributed by atoms with van der Waals surface area (Å²) < 4.78 is 11.3. The lowest BCUT2D eigenvalue weighted by atomic mass is 9.61. The summed E-state index contributed by atoms with van der Waals surface area (Å²) in [6.07, 6.45) is 0. The molecular formula is C31H36N2O4S. The Morgan fingerprint density at radius 2 is 1.63 bits per heavy atom. The summed E-state index contributed by atoms with van der Waals surface area (Å²) in [7, 11) is 0. The molecule has 1 aliphatic rings. The fraction of sp³-hybridized carbons (Fsp3) is 0.387. The molecule has 1 aliphatic heterocycles. The van der Waals surface area contributed by atoms with Crippen molar-refractivity contribution in [1.29, 1.82) is 0 Å². The first-order valence-corrected chi connectivity index (χ1v) is 13.9. The first-order valence-electron chi connectivity index (χ1n) is 13.1. The number of carbonyl (C=O) groups is 2. The lowest BCUT2D eigenvalue weighted by Gasteiger charge is -2.47. The summed E-state index contributed by atoms with van der Waals surface area (Å²) in [5.41, 5.74) is 5.96. The molecule has 0 saturated heterocycles. The Morgan fingerprint density at radius 3 is 2.24 bits per heavy atom. The number of allylic oxidation sites excluding steroid dienone is 1. The number of rotatable bonds is 7. The highest BCUT2D eigenvalue weighted by Gasteiger charge is 2.59. The smallest absolute Gasteiger partial charge is 0.336 e. The van der Waals surface area contributed by atoms with Crippen LogP contribution in [0.2, 0.25) is 0 Å². The van der Waals surface area contributed by atoms with Crippen LogP contribution in [-0.2, 0) is 24.5 Å². The minimum absolute atomic E-state index is 0.217. The predicted octanol–water partition coefficient (Wildman–Crippen LogP) is 6.15. The van der Waals surface area contributed by atoms with Crippen molar-refractivity contribution >= 4 is 23.3 Å². The normalized spacial score (nSPS) is 21.1. The first kappa shape index (κ1) is 27.6. The number of benzene rings is 2. The molecule has 1 aromatic heterocycles. The monoisotopic (exact) mass is 532 g/mol. The third-order valence-corrected chi connectivity index (χ3v) is 8.24. The van der Waals surface area contributed by atoms with Gasteiger partial charge in [-0.15, -0.1) is 11.3 Å². The Hall–Kier alpha value is -3.45. The number of aryl methyl sites for hydroxylation is 3. The summed E-state index contributed by atoms with van der Waals surface area (Å²) in [6.45, 7) is 14.1. The number of hydrogen-bond donors (Lipinski definition) is 1. The van der Waals surface area contributed by atoms with Gasteiger partial charge in [-0.05, 0) is 65.2 Å². The maximum atomic E-state index is 14.1. The minimum Gasteiger partial charge on any atom is -0.465 e. The number of hydrogen-bond acceptors (Lipinski definition) is 7. The van der Waals surface area contributed by atoms with Crippen molar-refractivity contribution in [1.82, 2.24) is 10.3 Å². The van der Waals surface area contributed by atoms with Gasteiger partial charge in [0.15, 0.2) is 0 Å². The van der Waals surface area contributed by atoms with Crippen molar-refractivity contribution in [3.05, 3.63) is 86.4 Å². The third-order valence-electron chi connectivity index (χ3n) is 7.33. The second-order valence-corrected chi connectivity index (χ2v) is 10.7. The molecular weight excluding hydrogens is 496 g/mol. The fourth-order valence-corrected chi connectivity index (χ4v) is 6.92. The number of ether oxygens (including phenoxy) is 2. The number of nitrogens with zero attached hydrogens (tertiary/aromatic N) is 1. The molecule has 0 aliphatic carbocycles. The maximum Gasteiger partial charge on any atom is 0.336 e. The molecule has 2 heterocycles. The van der Waals surface area contributed by atoms with Crippen LogP contribution in [0.4, 0.5) is 0 Å². The highest BCUT2D eigenvalue weighted by Crippen LogP contribution is 2.52. The molecule has 2 aromatic carbocycles. The molecule has 3 aromatic rings. The zero-order chi connectivity index (χ0) is 27.6. The molecule has 6 nitrogen and oxygen atoms in total. The van der Waals surface area contributed by atoms with E-state index in [1.807, 2.05) is 49.6 Å². The van der Waals surface area contributed by atoms with E-state index >= 15 is 0 Å². The van der Waals surface area contributed by atoms with Crippen LogP contribution in [0.15, 0.2) is 59.1 Å². The Morgan fingerprint density at radius 1 is 1.00 bits per heavy atom. The van der Waals surface area contributed by atoms with Crippen LogP contribution in [-0.4, -0.2) is 36.2 Å². The molecule has 7 heteroatoms. The van der Waals surface area contributed by atoms with Crippen LogP contribution in [0, 0.1) is 20.8 Å². The molecule has 200 valence electrons. The average molecular weight is 533 g/mol. The van der Waals surface area contributed by atoms with Crippen LogP contribution in [0.25, 0.3) is 11.3 Å². The van der Waals surface area contributed by atoms with Gasteiger partial charge < -0.3 is 14.8 Å². The van der Waals surface area contributed by atoms with Gasteiger partial charge in [-0.2, -0.15) is 0 Å². The minimum atomic E-state index is -1.24. The van der Waals surface area contributed by atoms with Crippen LogP contribution >= 0.6 is 11.3 Å². The van der Waals surface area contributed by atoms with E-state index in [2.05, 4.69) is 38.2 Å². The van der Waals surface area contributed by atoms with E-state index in [0.717, 1.165) is 27.9 Å². The van der Waals surface area contributed by atoms with E-state index in [-0.39, 0.29) is 19.3 Å². The number of esters is 2. The van der Waals surface area contributed by atoms with Crippen LogP contribution in [0.1, 0.15) is 60.9 Å². The molecule has 1 N–H and O–H groups in total. The fourth-order valence-electron chi connectivity index (χ4n) is 5.92. The van der Waals surface area contributed by atoms with E-state index in [4.69, 9.17) is 14.5 Å². The second kappa shape index (κ2) is 11.1. The quantitative estimate of drug-likeness (QED) is 0.368. The lowest BCUT2D eigenvalue weighted by molar-refractivity contribution is -0.153. The number of carbonyl (C=O) groups excluding carboxylic acids is 2. The summed E-state index contributed by atoms with van der Waals surface area (Å²) >= 11 is 1.46. The van der Waals surface area contributed by atoms with Crippen molar-refractivity contribution < 1.29 is 19.1 Å². The number of thiazole rings is 1. The molecule has 0 saturated carbocycles. The van der Waals surface area contributed by atoms with Gasteiger partial charge in [0.25, 0.3) is 0 Å². The van der Waals surface area contributed by atoms with E-state index in [1.54, 1.807) is 13.8 Å². The van der Waals surface area contributed by atoms with Crippen molar-refractivity contribution in [3.63, 3.8) is 0 Å². The van der Waals surface area contributed by atoms with Gasteiger partial charge in [-0.25, -0.2) is 9.78 Å². The predicted molar refractivity (Wildman–Crippen MR) is 151 cm³/mol. The van der Waals surface area contributed by atoms with Crippen LogP contribution in [0.5, 0.6) is 0 Å². The molecule has 0 radical (unpaired) electrons. The van der Waals surface area contributed by atoms with E-state index < -0.39 is 23.3 Å². The average Bonchev–Trinajstić information content (AvgIpc) is 3.33. The molecule has 0 bridgehead atoms. The highest BCUT2D eigenvalue weighted by molar-refractivity contribution is 7.10. The molecule has 4 rings (SSSR count). The van der Waals surface area contributed by atoms with Gasteiger partial charge in [-0.1, -0.05) is 48.0 Å². The zero-order valence-electron chi connectivity index (χ0n) is 23.2. The lowest BCUT2D eigenvalue weighted by Crippen LogP contribution is -2.60. The van der Waals surface area contributed by atoms with Gasteiger partial charge in [-0.3, -0.25) is 4.79 Å². The second-order valence-electron chi connectivity index (χ2n) is 9.86. The van der Waals surface area contributed by atoms with Crippen molar-refractivity contribution in [2.75, 3.05) is 13.2 Å². The molecule has 0 amide bonds. The Bertz CT molecular complexity index is 1350. The van der Waals surface area contributed by atoms with Gasteiger partial charge in [0.1, 0.15) is 10.4 Å². The largest absolute Gasteiger partial charge is 0.465 e. The van der Waals surface area contributed by atoms with Crippen molar-refractivity contribution in [2.24, 2.45) is 0 Å². The SMILES string of the molecule is CCOC(=O)C1=C(C)NC(C)C(C(=O)OCC)(c2ccccc2)C1c1nc(-c2c(C)cc(C)cc2C)cs1. The number of aromatic nitrogens is 1. The van der Waals surface area contributed by atoms with Gasteiger partial charge in [0.2, 0.25) is 0 Å². The molecule has 0 fully saturated rings. The highest BCUT2D eigenvalue weighted by atomic mass is 32.1. The molecule has 38 heavy (non-hydrogen) atoms. The Balaban J connectivity index is 2.03. The standard InChI is InChI=1S/C31H36N2O4S/c1-8-36-29(34)26-21(6)32-22(7)31(30(35)37-9-2,23-13-11-10-12-14-23)27(26)28-33-24(17-38-28)25-19(4)15-18(3)16-20(25)5/h10-17,22,27,32H,8-9H2,1-7H3. The van der Waals surface area contributed by atoms with Crippen molar-refractivity contribution in [3.8, 4) is 11.3 Å². The zero-order valence-corrected chi connectivity index (χ0v) is 24.0. The summed E-state index contributed by atoms with van der Waals surface area (Å²) in [5.74, 6) is -1.56. The topological polar surface area (TPSA) is 77.5 Å². The molecule has 3 atom stereocenters. The van der Waals surface area contributed by atoms with Gasteiger partial charge >= 0.3 is 11.9 Å².